The van der Waals surface area contributed by atoms with Crippen LogP contribution in [0.3, 0.4) is 0 Å². The highest BCUT2D eigenvalue weighted by atomic mass is 16.5. The van der Waals surface area contributed by atoms with Crippen molar-refractivity contribution < 1.29 is 14.7 Å². The SMILES string of the molecule is Cc1cccc(C(=O)N(C)C)[n+]1O. The van der Waals surface area contributed by atoms with Crippen molar-refractivity contribution in [2.45, 2.75) is 6.92 Å². The maximum atomic E-state index is 11.5. The monoisotopic (exact) mass is 181 g/mol. The molecule has 0 radical (unpaired) electrons. The lowest BCUT2D eigenvalue weighted by Gasteiger charge is -2.06. The van der Waals surface area contributed by atoms with E-state index in [0.29, 0.717) is 5.69 Å². The molecule has 4 nitrogen and oxygen atoms in total. The smallest absolute Gasteiger partial charge is 0.323 e. The van der Waals surface area contributed by atoms with Gasteiger partial charge in [-0.2, -0.15) is 0 Å². The van der Waals surface area contributed by atoms with E-state index in [1.807, 2.05) is 0 Å². The van der Waals surface area contributed by atoms with Gasteiger partial charge in [-0.1, -0.05) is 0 Å². The minimum Gasteiger partial charge on any atom is -0.339 e. The Morgan fingerprint density at radius 3 is 2.62 bits per heavy atom. The molecule has 0 aromatic carbocycles. The van der Waals surface area contributed by atoms with Crippen molar-refractivity contribution in [3.05, 3.63) is 29.6 Å². The van der Waals surface area contributed by atoms with Crippen LogP contribution in [0.15, 0.2) is 18.2 Å². The summed E-state index contributed by atoms with van der Waals surface area (Å²) in [7, 11) is 3.29. The van der Waals surface area contributed by atoms with Gasteiger partial charge < -0.3 is 4.90 Å². The number of aromatic nitrogens is 1. The molecular weight excluding hydrogens is 168 g/mol. The predicted octanol–water partition coefficient (Wildman–Crippen LogP) is 0.222. The molecule has 0 aliphatic rings. The summed E-state index contributed by atoms with van der Waals surface area (Å²) in [5, 5.41) is 9.49. The van der Waals surface area contributed by atoms with Crippen LogP contribution < -0.4 is 4.73 Å². The maximum Gasteiger partial charge on any atom is 0.323 e. The molecule has 0 saturated carbocycles. The molecule has 4 heteroatoms. The number of hydrogen-bond donors (Lipinski definition) is 1. The number of hydrogen-bond acceptors (Lipinski definition) is 2. The van der Waals surface area contributed by atoms with Crippen LogP contribution >= 0.6 is 0 Å². The molecule has 1 amide bonds. The maximum absolute atomic E-state index is 11.5. The molecule has 0 unspecified atom stereocenters. The number of pyridine rings is 1. The highest BCUT2D eigenvalue weighted by Crippen LogP contribution is 1.97. The molecule has 13 heavy (non-hydrogen) atoms. The van der Waals surface area contributed by atoms with Crippen molar-refractivity contribution in [3.8, 4) is 0 Å². The van der Waals surface area contributed by atoms with Crippen LogP contribution in [0.5, 0.6) is 0 Å². The fourth-order valence-corrected chi connectivity index (χ4v) is 1.00. The first-order valence-corrected chi connectivity index (χ1v) is 3.96. The number of carbonyl (C=O) groups is 1. The predicted molar refractivity (Wildman–Crippen MR) is 46.6 cm³/mol. The largest absolute Gasteiger partial charge is 0.339 e. The molecule has 1 rings (SSSR count). The van der Waals surface area contributed by atoms with Gasteiger partial charge in [-0.3, -0.25) is 10.0 Å². The molecule has 1 aromatic rings. The first kappa shape index (κ1) is 9.51. The highest BCUT2D eigenvalue weighted by Gasteiger charge is 2.22. The summed E-state index contributed by atoms with van der Waals surface area (Å²) in [6.07, 6.45) is 0. The number of amides is 1. The number of rotatable bonds is 1. The fourth-order valence-electron chi connectivity index (χ4n) is 1.00. The molecule has 0 aliphatic heterocycles. The third kappa shape index (κ3) is 1.77. The summed E-state index contributed by atoms with van der Waals surface area (Å²) in [6.45, 7) is 1.73. The summed E-state index contributed by atoms with van der Waals surface area (Å²) in [4.78, 5) is 12.9. The molecule has 1 heterocycles. The van der Waals surface area contributed by atoms with Crippen LogP contribution in [-0.2, 0) is 0 Å². The Morgan fingerprint density at radius 1 is 1.46 bits per heavy atom. The van der Waals surface area contributed by atoms with Gasteiger partial charge in [0.2, 0.25) is 5.69 Å². The second-order valence-electron chi connectivity index (χ2n) is 3.06. The molecule has 70 valence electrons. The zero-order valence-corrected chi connectivity index (χ0v) is 7.98. The van der Waals surface area contributed by atoms with Crippen LogP contribution in [0.25, 0.3) is 0 Å². The topological polar surface area (TPSA) is 44.4 Å². The molecule has 0 spiro atoms. The van der Waals surface area contributed by atoms with Gasteiger partial charge >= 0.3 is 11.6 Å². The molecule has 0 bridgehead atoms. The summed E-state index contributed by atoms with van der Waals surface area (Å²) < 4.78 is 0.891. The van der Waals surface area contributed by atoms with E-state index in [2.05, 4.69) is 0 Å². The summed E-state index contributed by atoms with van der Waals surface area (Å²) >= 11 is 0. The Kier molecular flexibility index (Phi) is 2.51. The van der Waals surface area contributed by atoms with E-state index < -0.39 is 0 Å². The molecule has 1 aromatic heterocycles. The Morgan fingerprint density at radius 2 is 2.08 bits per heavy atom. The van der Waals surface area contributed by atoms with Gasteiger partial charge in [0.05, 0.1) is 0 Å². The molecule has 0 fully saturated rings. The lowest BCUT2D eigenvalue weighted by molar-refractivity contribution is -0.910. The number of carbonyl (C=O) groups excluding carboxylic acids is 1. The Balaban J connectivity index is 3.15. The molecule has 0 saturated heterocycles. The van der Waals surface area contributed by atoms with Crippen molar-refractivity contribution in [2.75, 3.05) is 14.1 Å². The summed E-state index contributed by atoms with van der Waals surface area (Å²) in [5.74, 6) is -0.216. The van der Waals surface area contributed by atoms with Gasteiger partial charge in [-0.05, 0) is 6.07 Å². The Hall–Kier alpha value is -1.58. The first-order valence-electron chi connectivity index (χ1n) is 3.96. The van der Waals surface area contributed by atoms with E-state index in [-0.39, 0.29) is 11.6 Å². The Labute approximate surface area is 77.0 Å². The molecule has 0 atom stereocenters. The third-order valence-corrected chi connectivity index (χ3v) is 1.78. The van der Waals surface area contributed by atoms with E-state index in [1.165, 1.54) is 4.90 Å². The second kappa shape index (κ2) is 3.43. The zero-order chi connectivity index (χ0) is 10.0. The van der Waals surface area contributed by atoms with Crippen LogP contribution in [0, 0.1) is 6.92 Å². The number of aryl methyl sites for hydroxylation is 1. The molecule has 1 N–H and O–H groups in total. The van der Waals surface area contributed by atoms with E-state index in [4.69, 9.17) is 0 Å². The van der Waals surface area contributed by atoms with Crippen LogP contribution in [0.4, 0.5) is 0 Å². The summed E-state index contributed by atoms with van der Waals surface area (Å²) in [6, 6.07) is 5.04. The van der Waals surface area contributed by atoms with Gasteiger partial charge in [-0.15, -0.1) is 0 Å². The van der Waals surface area contributed by atoms with Gasteiger partial charge in [0, 0.05) is 37.9 Å². The minimum atomic E-state index is -0.216. The van der Waals surface area contributed by atoms with E-state index >= 15 is 0 Å². The fraction of sp³-hybridized carbons (Fsp3) is 0.333. The van der Waals surface area contributed by atoms with Crippen molar-refractivity contribution in [2.24, 2.45) is 0 Å². The normalized spacial score (nSPS) is 9.77. The lowest BCUT2D eigenvalue weighted by atomic mass is 10.3. The third-order valence-electron chi connectivity index (χ3n) is 1.78. The average molecular weight is 181 g/mol. The van der Waals surface area contributed by atoms with Gasteiger partial charge in [0.1, 0.15) is 0 Å². The van der Waals surface area contributed by atoms with Crippen LogP contribution in [0.2, 0.25) is 0 Å². The van der Waals surface area contributed by atoms with E-state index in [9.17, 15) is 10.0 Å². The van der Waals surface area contributed by atoms with Crippen molar-refractivity contribution in [1.29, 1.82) is 0 Å². The van der Waals surface area contributed by atoms with Gasteiger partial charge in [0.15, 0.2) is 0 Å². The summed E-state index contributed by atoms with van der Waals surface area (Å²) in [5.41, 5.74) is 0.901. The quantitative estimate of drug-likeness (QED) is 0.497. The zero-order valence-electron chi connectivity index (χ0n) is 7.98. The Bertz CT molecular complexity index is 334. The van der Waals surface area contributed by atoms with E-state index in [1.54, 1.807) is 39.2 Å². The number of nitrogens with zero attached hydrogens (tertiary/aromatic N) is 2. The second-order valence-corrected chi connectivity index (χ2v) is 3.06. The van der Waals surface area contributed by atoms with Crippen molar-refractivity contribution in [1.82, 2.24) is 4.90 Å². The highest BCUT2D eigenvalue weighted by molar-refractivity contribution is 5.90. The van der Waals surface area contributed by atoms with Crippen molar-refractivity contribution in [3.63, 3.8) is 0 Å². The molecule has 0 aliphatic carbocycles. The van der Waals surface area contributed by atoms with Crippen LogP contribution in [0.1, 0.15) is 16.2 Å². The first-order chi connectivity index (χ1) is 6.04. The van der Waals surface area contributed by atoms with Crippen LogP contribution in [-0.4, -0.2) is 30.1 Å². The van der Waals surface area contributed by atoms with Gasteiger partial charge in [-0.25, -0.2) is 0 Å². The van der Waals surface area contributed by atoms with E-state index in [0.717, 1.165) is 4.73 Å². The van der Waals surface area contributed by atoms with Gasteiger partial charge in [0.25, 0.3) is 0 Å². The standard InChI is InChI=1S/C9H13N2O2/c1-7-5-4-6-8(11(7)13)9(12)10(2)3/h4-6,13H,1-3H3/q+1. The minimum absolute atomic E-state index is 0.216. The lowest BCUT2D eigenvalue weighted by Crippen LogP contribution is -2.43. The average Bonchev–Trinajstić information content (AvgIpc) is 2.08. The molecular formula is C9H13N2O2+. The van der Waals surface area contributed by atoms with Crippen molar-refractivity contribution >= 4 is 5.91 Å².